The van der Waals surface area contributed by atoms with E-state index < -0.39 is 0 Å². The molecule has 0 radical (unpaired) electrons. The number of rotatable bonds is 2. The molecule has 18 heavy (non-hydrogen) atoms. The number of hydrogen-bond donors (Lipinski definition) is 0. The summed E-state index contributed by atoms with van der Waals surface area (Å²) >= 11 is 0. The molecule has 0 fully saturated rings. The van der Waals surface area contributed by atoms with E-state index in [2.05, 4.69) is 24.3 Å². The molecule has 0 aliphatic heterocycles. The highest BCUT2D eigenvalue weighted by Crippen LogP contribution is 2.31. The molecule has 0 saturated heterocycles. The number of amides is 1. The number of nitrogens with zero attached hydrogens (tertiary/aromatic N) is 2. The van der Waals surface area contributed by atoms with E-state index in [0.717, 1.165) is 22.0 Å². The van der Waals surface area contributed by atoms with Gasteiger partial charge in [0.2, 0.25) is 5.91 Å². The summed E-state index contributed by atoms with van der Waals surface area (Å²) in [5, 5.41) is 5.77. The van der Waals surface area contributed by atoms with Gasteiger partial charge in [0.1, 0.15) is 0 Å². The fraction of sp³-hybridized carbons (Fsp3) is 0.267. The molecule has 0 aromatic heterocycles. The topological polar surface area (TPSA) is 23.6 Å². The largest absolute Gasteiger partial charge is 0.273 e. The number of anilines is 1. The fourth-order valence-electron chi connectivity index (χ4n) is 2.28. The van der Waals surface area contributed by atoms with Crippen LogP contribution in [-0.4, -0.2) is 25.0 Å². The number of carbonyl (C=O) groups is 1. The maximum absolute atomic E-state index is 11.9. The Morgan fingerprint density at radius 3 is 2.33 bits per heavy atom. The number of hydrazine groups is 1. The van der Waals surface area contributed by atoms with Crippen molar-refractivity contribution in [3.63, 3.8) is 0 Å². The van der Waals surface area contributed by atoms with Crippen LogP contribution in [0, 0.1) is 6.92 Å². The second kappa shape index (κ2) is 4.78. The quantitative estimate of drug-likeness (QED) is 0.756. The van der Waals surface area contributed by atoms with Crippen molar-refractivity contribution in [1.82, 2.24) is 5.01 Å². The molecule has 0 aliphatic carbocycles. The summed E-state index contributed by atoms with van der Waals surface area (Å²) in [6.07, 6.45) is 0. The monoisotopic (exact) mass is 242 g/mol. The Morgan fingerprint density at radius 2 is 1.72 bits per heavy atom. The first-order chi connectivity index (χ1) is 8.52. The molecular weight excluding hydrogens is 224 g/mol. The first-order valence-electron chi connectivity index (χ1n) is 5.98. The highest BCUT2D eigenvalue weighted by atomic mass is 16.2. The normalized spacial score (nSPS) is 10.9. The molecule has 0 atom stereocenters. The van der Waals surface area contributed by atoms with Crippen molar-refractivity contribution in [2.75, 3.05) is 19.1 Å². The Bertz CT molecular complexity index is 590. The van der Waals surface area contributed by atoms with Gasteiger partial charge in [-0.1, -0.05) is 36.4 Å². The van der Waals surface area contributed by atoms with E-state index in [4.69, 9.17) is 0 Å². The van der Waals surface area contributed by atoms with Gasteiger partial charge in [-0.05, 0) is 17.9 Å². The zero-order valence-electron chi connectivity index (χ0n) is 11.3. The first kappa shape index (κ1) is 12.6. The Labute approximate surface area is 108 Å². The molecule has 2 rings (SSSR count). The van der Waals surface area contributed by atoms with Crippen molar-refractivity contribution in [2.24, 2.45) is 0 Å². The van der Waals surface area contributed by atoms with Gasteiger partial charge in [-0.15, -0.1) is 0 Å². The number of carbonyl (C=O) groups excluding carboxylic acids is 1. The minimum absolute atomic E-state index is 0.0134. The molecule has 3 heteroatoms. The van der Waals surface area contributed by atoms with Gasteiger partial charge in [0, 0.05) is 26.4 Å². The maximum Gasteiger partial charge on any atom is 0.238 e. The standard InChI is InChI=1S/C15H18N2O/c1-11-9-10-13-7-5-6-8-14(13)15(11)17(12(2)18)16(3)4/h5-10H,1-4H3. The van der Waals surface area contributed by atoms with E-state index in [0.29, 0.717) is 0 Å². The van der Waals surface area contributed by atoms with Crippen LogP contribution in [0.3, 0.4) is 0 Å². The number of hydrogen-bond acceptors (Lipinski definition) is 2. The van der Waals surface area contributed by atoms with Gasteiger partial charge < -0.3 is 0 Å². The van der Waals surface area contributed by atoms with Crippen LogP contribution in [0.15, 0.2) is 36.4 Å². The molecule has 3 nitrogen and oxygen atoms in total. The van der Waals surface area contributed by atoms with E-state index in [9.17, 15) is 4.79 Å². The Kier molecular flexibility index (Phi) is 3.34. The molecule has 0 unspecified atom stereocenters. The summed E-state index contributed by atoms with van der Waals surface area (Å²) in [4.78, 5) is 11.9. The molecule has 1 amide bonds. The summed E-state index contributed by atoms with van der Waals surface area (Å²) in [6.45, 7) is 3.61. The van der Waals surface area contributed by atoms with E-state index in [-0.39, 0.29) is 5.91 Å². The Balaban J connectivity index is 2.75. The van der Waals surface area contributed by atoms with Gasteiger partial charge in [0.25, 0.3) is 0 Å². The lowest BCUT2D eigenvalue weighted by molar-refractivity contribution is -0.118. The van der Waals surface area contributed by atoms with Gasteiger partial charge in [-0.25, -0.2) is 10.0 Å². The van der Waals surface area contributed by atoms with Crippen LogP contribution in [0.5, 0.6) is 0 Å². The fourth-order valence-corrected chi connectivity index (χ4v) is 2.28. The Hall–Kier alpha value is -1.87. The molecule has 0 heterocycles. The molecule has 2 aromatic rings. The molecule has 0 N–H and O–H groups in total. The maximum atomic E-state index is 11.9. The zero-order chi connectivity index (χ0) is 13.3. The third kappa shape index (κ3) is 2.09. The van der Waals surface area contributed by atoms with E-state index in [1.165, 1.54) is 0 Å². The van der Waals surface area contributed by atoms with Gasteiger partial charge in [-0.2, -0.15) is 0 Å². The molecule has 0 saturated carbocycles. The van der Waals surface area contributed by atoms with Crippen molar-refractivity contribution in [2.45, 2.75) is 13.8 Å². The van der Waals surface area contributed by atoms with Gasteiger partial charge in [-0.3, -0.25) is 4.79 Å². The van der Waals surface area contributed by atoms with E-state index in [1.54, 1.807) is 11.9 Å². The summed E-state index contributed by atoms with van der Waals surface area (Å²) < 4.78 is 0. The average molecular weight is 242 g/mol. The van der Waals surface area contributed by atoms with E-state index >= 15 is 0 Å². The number of benzene rings is 2. The molecular formula is C15H18N2O. The summed E-state index contributed by atoms with van der Waals surface area (Å²) in [5.41, 5.74) is 2.06. The van der Waals surface area contributed by atoms with Gasteiger partial charge in [0.15, 0.2) is 0 Å². The highest BCUT2D eigenvalue weighted by Gasteiger charge is 2.18. The molecule has 0 spiro atoms. The lowest BCUT2D eigenvalue weighted by Crippen LogP contribution is -2.41. The van der Waals surface area contributed by atoms with Crippen molar-refractivity contribution in [3.8, 4) is 0 Å². The van der Waals surface area contributed by atoms with Crippen LogP contribution >= 0.6 is 0 Å². The van der Waals surface area contributed by atoms with E-state index in [1.807, 2.05) is 38.2 Å². The van der Waals surface area contributed by atoms with Crippen LogP contribution in [-0.2, 0) is 4.79 Å². The van der Waals surface area contributed by atoms with Crippen LogP contribution in [0.2, 0.25) is 0 Å². The second-order valence-electron chi connectivity index (χ2n) is 4.63. The zero-order valence-corrected chi connectivity index (χ0v) is 11.3. The van der Waals surface area contributed by atoms with Crippen molar-refractivity contribution in [1.29, 1.82) is 0 Å². The third-order valence-electron chi connectivity index (χ3n) is 3.01. The first-order valence-corrected chi connectivity index (χ1v) is 5.98. The van der Waals surface area contributed by atoms with Crippen molar-refractivity contribution in [3.05, 3.63) is 42.0 Å². The van der Waals surface area contributed by atoms with Gasteiger partial charge in [0.05, 0.1) is 5.69 Å². The molecule has 2 aromatic carbocycles. The SMILES string of the molecule is CC(=O)N(c1c(C)ccc2ccccc12)N(C)C. The average Bonchev–Trinajstić information content (AvgIpc) is 2.31. The molecule has 94 valence electrons. The predicted octanol–water partition coefficient (Wildman–Crippen LogP) is 2.98. The lowest BCUT2D eigenvalue weighted by Gasteiger charge is -2.30. The summed E-state index contributed by atoms with van der Waals surface area (Å²) in [5.74, 6) is 0.0134. The summed E-state index contributed by atoms with van der Waals surface area (Å²) in [7, 11) is 3.76. The number of fused-ring (bicyclic) bond motifs is 1. The minimum atomic E-state index is 0.0134. The molecule has 0 aliphatic rings. The van der Waals surface area contributed by atoms with Crippen LogP contribution in [0.25, 0.3) is 10.8 Å². The van der Waals surface area contributed by atoms with Crippen molar-refractivity contribution < 1.29 is 4.79 Å². The molecule has 0 bridgehead atoms. The van der Waals surface area contributed by atoms with Crippen molar-refractivity contribution >= 4 is 22.4 Å². The smallest absolute Gasteiger partial charge is 0.238 e. The van der Waals surface area contributed by atoms with Crippen LogP contribution in [0.1, 0.15) is 12.5 Å². The summed E-state index contributed by atoms with van der Waals surface area (Å²) in [6, 6.07) is 12.3. The predicted molar refractivity (Wildman–Crippen MR) is 75.5 cm³/mol. The Morgan fingerprint density at radius 1 is 1.06 bits per heavy atom. The highest BCUT2D eigenvalue weighted by molar-refractivity contribution is 6.03. The minimum Gasteiger partial charge on any atom is -0.273 e. The third-order valence-corrected chi connectivity index (χ3v) is 3.01. The lowest BCUT2D eigenvalue weighted by atomic mass is 10.0. The van der Waals surface area contributed by atoms with Crippen LogP contribution < -0.4 is 5.01 Å². The second-order valence-corrected chi connectivity index (χ2v) is 4.63. The van der Waals surface area contributed by atoms with Crippen LogP contribution in [0.4, 0.5) is 5.69 Å². The van der Waals surface area contributed by atoms with Gasteiger partial charge >= 0.3 is 0 Å². The number of aryl methyl sites for hydroxylation is 1.